The fourth-order valence-electron chi connectivity index (χ4n) is 0.433. The van der Waals surface area contributed by atoms with Crippen LogP contribution >= 0.6 is 0 Å². The third-order valence-electron chi connectivity index (χ3n) is 0.894. The van der Waals surface area contributed by atoms with Crippen LogP contribution in [0.4, 0.5) is 0 Å². The zero-order chi connectivity index (χ0) is 9.49. The number of nitrogens with two attached hydrogens (primary N) is 1. The number of rotatable bonds is 1. The van der Waals surface area contributed by atoms with Crippen molar-refractivity contribution in [3.63, 3.8) is 0 Å². The highest BCUT2D eigenvalue weighted by Gasteiger charge is 2.06. The lowest BCUT2D eigenvalue weighted by Gasteiger charge is -2.15. The van der Waals surface area contributed by atoms with Gasteiger partial charge < -0.3 is 5.73 Å². The van der Waals surface area contributed by atoms with Crippen LogP contribution in [0, 0.1) is 11.3 Å². The normalized spacial score (nSPS) is 10.9. The van der Waals surface area contributed by atoms with Crippen molar-refractivity contribution < 1.29 is 0 Å². The van der Waals surface area contributed by atoms with E-state index in [9.17, 15) is 0 Å². The predicted molar refractivity (Wildman–Crippen MR) is 53.6 cm³/mol. The van der Waals surface area contributed by atoms with Gasteiger partial charge in [-0.1, -0.05) is 41.5 Å². The molecule has 0 aliphatic carbocycles. The molecule has 0 rings (SSSR count). The van der Waals surface area contributed by atoms with E-state index in [4.69, 9.17) is 5.73 Å². The van der Waals surface area contributed by atoms with Gasteiger partial charge >= 0.3 is 0 Å². The molecular formula is C10H25N. The first-order chi connectivity index (χ1) is 4.79. The summed E-state index contributed by atoms with van der Waals surface area (Å²) in [6.07, 6.45) is 1.12. The molecule has 0 saturated carbocycles. The van der Waals surface area contributed by atoms with Gasteiger partial charge in [0.1, 0.15) is 0 Å². The lowest BCUT2D eigenvalue weighted by atomic mass is 9.93. The minimum Gasteiger partial charge on any atom is -0.330 e. The van der Waals surface area contributed by atoms with E-state index < -0.39 is 0 Å². The zero-order valence-corrected chi connectivity index (χ0v) is 9.07. The van der Waals surface area contributed by atoms with Gasteiger partial charge in [0.25, 0.3) is 0 Å². The van der Waals surface area contributed by atoms with Gasteiger partial charge in [-0.2, -0.15) is 0 Å². The molecule has 0 aromatic carbocycles. The summed E-state index contributed by atoms with van der Waals surface area (Å²) in [4.78, 5) is 0. The van der Waals surface area contributed by atoms with E-state index in [1.807, 2.05) is 0 Å². The maximum absolute atomic E-state index is 5.31. The van der Waals surface area contributed by atoms with Gasteiger partial charge in [-0.25, -0.2) is 0 Å². The summed E-state index contributed by atoms with van der Waals surface area (Å²) in [6, 6.07) is 0. The number of hydrogen-bond acceptors (Lipinski definition) is 1. The Balaban J connectivity index is 0. The molecule has 0 aromatic rings. The molecule has 0 aliphatic rings. The fourth-order valence-corrected chi connectivity index (χ4v) is 0.433. The van der Waals surface area contributed by atoms with E-state index in [0.717, 1.165) is 18.9 Å². The molecule has 0 saturated heterocycles. The van der Waals surface area contributed by atoms with Crippen molar-refractivity contribution in [1.29, 1.82) is 0 Å². The van der Waals surface area contributed by atoms with Crippen LogP contribution in [0.5, 0.6) is 0 Å². The van der Waals surface area contributed by atoms with Crippen molar-refractivity contribution in [2.75, 3.05) is 6.54 Å². The molecule has 0 aromatic heterocycles. The molecule has 1 heteroatoms. The lowest BCUT2D eigenvalue weighted by molar-refractivity contribution is 0.385. The topological polar surface area (TPSA) is 26.0 Å². The highest BCUT2D eigenvalue weighted by atomic mass is 14.5. The van der Waals surface area contributed by atoms with Crippen molar-refractivity contribution in [2.45, 2.75) is 48.0 Å². The average molecular weight is 159 g/mol. The molecule has 0 fully saturated rings. The van der Waals surface area contributed by atoms with E-state index in [0.29, 0.717) is 5.41 Å². The molecule has 0 radical (unpaired) electrons. The largest absolute Gasteiger partial charge is 0.330 e. The minimum absolute atomic E-state index is 0.425. The lowest BCUT2D eigenvalue weighted by Crippen LogP contribution is -2.12. The van der Waals surface area contributed by atoms with Crippen LogP contribution in [0.15, 0.2) is 0 Å². The second-order valence-corrected chi connectivity index (χ2v) is 4.83. The molecule has 0 bridgehead atoms. The van der Waals surface area contributed by atoms with Gasteiger partial charge in [0.05, 0.1) is 0 Å². The Hall–Kier alpha value is -0.0400. The Morgan fingerprint density at radius 3 is 1.36 bits per heavy atom. The van der Waals surface area contributed by atoms with Crippen LogP contribution in [-0.4, -0.2) is 6.54 Å². The van der Waals surface area contributed by atoms with E-state index in [1.165, 1.54) is 0 Å². The molecule has 0 spiro atoms. The van der Waals surface area contributed by atoms with Crippen molar-refractivity contribution >= 4 is 0 Å². The summed E-state index contributed by atoms with van der Waals surface area (Å²) >= 11 is 0. The number of hydrogen-bond donors (Lipinski definition) is 1. The second-order valence-electron chi connectivity index (χ2n) is 4.83. The van der Waals surface area contributed by atoms with Gasteiger partial charge in [-0.15, -0.1) is 0 Å². The van der Waals surface area contributed by atoms with Crippen LogP contribution in [0.3, 0.4) is 0 Å². The summed E-state index contributed by atoms with van der Waals surface area (Å²) in [5, 5.41) is 0. The molecule has 0 heterocycles. The molecule has 1 nitrogen and oxygen atoms in total. The summed E-state index contributed by atoms with van der Waals surface area (Å²) in [5.41, 5.74) is 5.74. The highest BCUT2D eigenvalue weighted by Crippen LogP contribution is 2.15. The first-order valence-corrected chi connectivity index (χ1v) is 4.49. The smallest absolute Gasteiger partial charge is 0.00723 e. The Labute approximate surface area is 72.4 Å². The molecule has 70 valence electrons. The quantitative estimate of drug-likeness (QED) is 0.625. The predicted octanol–water partition coefficient (Wildman–Crippen LogP) is 3.04. The molecule has 0 unspecified atom stereocenters. The molecule has 0 amide bonds. The third-order valence-corrected chi connectivity index (χ3v) is 0.894. The van der Waals surface area contributed by atoms with Crippen LogP contribution in [0.1, 0.15) is 48.0 Å². The Morgan fingerprint density at radius 1 is 1.09 bits per heavy atom. The summed E-state index contributed by atoms with van der Waals surface area (Å²) in [6.45, 7) is 13.9. The Bertz CT molecular complexity index is 66.7. The Kier molecular flexibility index (Phi) is 8.20. The van der Waals surface area contributed by atoms with Crippen LogP contribution in [0.2, 0.25) is 0 Å². The maximum Gasteiger partial charge on any atom is -0.00723 e. The maximum atomic E-state index is 5.31. The first-order valence-electron chi connectivity index (χ1n) is 4.49. The molecular weight excluding hydrogens is 134 g/mol. The van der Waals surface area contributed by atoms with E-state index in [-0.39, 0.29) is 0 Å². The second kappa shape index (κ2) is 6.66. The van der Waals surface area contributed by atoms with E-state index in [1.54, 1.807) is 0 Å². The van der Waals surface area contributed by atoms with Gasteiger partial charge in [-0.05, 0) is 24.3 Å². The average Bonchev–Trinajstić information content (AvgIpc) is 1.58. The monoisotopic (exact) mass is 159 g/mol. The standard InChI is InChI=1S/C6H15N.C4H10/c1-6(2,3)4-5-7;1-4(2)3/h4-5,7H2,1-3H3;4H,1-3H3. The third kappa shape index (κ3) is 40.2. The first kappa shape index (κ1) is 13.5. The van der Waals surface area contributed by atoms with Crippen LogP contribution in [-0.2, 0) is 0 Å². The zero-order valence-electron chi connectivity index (χ0n) is 9.07. The Morgan fingerprint density at radius 2 is 1.36 bits per heavy atom. The minimum atomic E-state index is 0.425. The molecule has 0 atom stereocenters. The van der Waals surface area contributed by atoms with Gasteiger partial charge in [0.2, 0.25) is 0 Å². The summed E-state index contributed by atoms with van der Waals surface area (Å²) in [5.74, 6) is 0.833. The van der Waals surface area contributed by atoms with Crippen LogP contribution < -0.4 is 5.73 Å². The molecule has 0 aliphatic heterocycles. The van der Waals surface area contributed by atoms with Gasteiger partial charge in [0, 0.05) is 0 Å². The highest BCUT2D eigenvalue weighted by molar-refractivity contribution is 4.60. The van der Waals surface area contributed by atoms with Crippen molar-refractivity contribution in [2.24, 2.45) is 17.1 Å². The summed E-state index contributed by atoms with van der Waals surface area (Å²) < 4.78 is 0. The van der Waals surface area contributed by atoms with E-state index >= 15 is 0 Å². The fraction of sp³-hybridized carbons (Fsp3) is 1.00. The van der Waals surface area contributed by atoms with Gasteiger partial charge in [-0.3, -0.25) is 0 Å². The molecule has 2 N–H and O–H groups in total. The van der Waals surface area contributed by atoms with Crippen molar-refractivity contribution in [1.82, 2.24) is 0 Å². The summed E-state index contributed by atoms with van der Waals surface area (Å²) in [7, 11) is 0. The SMILES string of the molecule is CC(C)(C)CCN.CC(C)C. The molecule has 11 heavy (non-hydrogen) atoms. The van der Waals surface area contributed by atoms with Crippen molar-refractivity contribution in [3.05, 3.63) is 0 Å². The van der Waals surface area contributed by atoms with Gasteiger partial charge in [0.15, 0.2) is 0 Å². The van der Waals surface area contributed by atoms with Crippen molar-refractivity contribution in [3.8, 4) is 0 Å². The van der Waals surface area contributed by atoms with Crippen LogP contribution in [0.25, 0.3) is 0 Å². The van der Waals surface area contributed by atoms with E-state index in [2.05, 4.69) is 41.5 Å².